The van der Waals surface area contributed by atoms with E-state index in [1.165, 1.54) is 0 Å². The van der Waals surface area contributed by atoms with Gasteiger partial charge >= 0.3 is 5.97 Å². The van der Waals surface area contributed by atoms with Crippen molar-refractivity contribution in [1.82, 2.24) is 4.98 Å². The highest BCUT2D eigenvalue weighted by atomic mass is 16.6. The van der Waals surface area contributed by atoms with E-state index in [2.05, 4.69) is 4.98 Å². The molecule has 0 radical (unpaired) electrons. The lowest BCUT2D eigenvalue weighted by molar-refractivity contribution is -0.156. The van der Waals surface area contributed by atoms with Crippen LogP contribution in [0.3, 0.4) is 0 Å². The number of aryl methyl sites for hydroxylation is 1. The fourth-order valence-electron chi connectivity index (χ4n) is 1.69. The third-order valence-electron chi connectivity index (χ3n) is 2.51. The minimum atomic E-state index is -0.450. The van der Waals surface area contributed by atoms with Gasteiger partial charge in [0.25, 0.3) is 0 Å². The lowest BCUT2D eigenvalue weighted by atomic mass is 10.2. The van der Waals surface area contributed by atoms with Gasteiger partial charge in [-0.3, -0.25) is 4.79 Å². The first-order valence-corrected chi connectivity index (χ1v) is 7.06. The van der Waals surface area contributed by atoms with Crippen LogP contribution >= 0.6 is 0 Å². The number of pyridine rings is 1. The van der Waals surface area contributed by atoms with Crippen LogP contribution in [0.2, 0.25) is 0 Å². The average molecular weight is 290 g/mol. The highest BCUT2D eigenvalue weighted by Gasteiger charge is 2.15. The van der Waals surface area contributed by atoms with Crippen LogP contribution in [0.15, 0.2) is 18.2 Å². The maximum atomic E-state index is 11.4. The van der Waals surface area contributed by atoms with Crippen molar-refractivity contribution in [2.24, 2.45) is 0 Å². The molecule has 0 amide bonds. The predicted molar refractivity (Wildman–Crippen MR) is 78.6 cm³/mol. The molecule has 0 aliphatic rings. The van der Waals surface area contributed by atoms with E-state index in [4.69, 9.17) is 14.7 Å². The van der Waals surface area contributed by atoms with Crippen LogP contribution in [0.5, 0.6) is 0 Å². The Balaban J connectivity index is 2.12. The number of nitrogens with zero attached hydrogens (tertiary/aromatic N) is 2. The molecule has 0 N–H and O–H groups in total. The molecule has 1 rings (SSSR count). The number of hydrogen-bond donors (Lipinski definition) is 0. The van der Waals surface area contributed by atoms with E-state index in [0.717, 1.165) is 18.5 Å². The number of carbonyl (C=O) groups excluding carboxylic acids is 1. The molecule has 1 aromatic heterocycles. The zero-order valence-corrected chi connectivity index (χ0v) is 12.9. The molecule has 114 valence electrons. The van der Waals surface area contributed by atoms with E-state index in [1.54, 1.807) is 6.07 Å². The smallest absolute Gasteiger partial charge is 0.308 e. The lowest BCUT2D eigenvalue weighted by Gasteiger charge is -2.19. The van der Waals surface area contributed by atoms with Crippen LogP contribution in [0.1, 0.15) is 45.0 Å². The summed E-state index contributed by atoms with van der Waals surface area (Å²) in [6.07, 6.45) is 1.82. The fourth-order valence-corrected chi connectivity index (χ4v) is 1.69. The third-order valence-corrected chi connectivity index (χ3v) is 2.51. The van der Waals surface area contributed by atoms with E-state index < -0.39 is 5.60 Å². The normalized spacial score (nSPS) is 11.0. The number of ether oxygens (including phenoxy) is 2. The van der Waals surface area contributed by atoms with Crippen molar-refractivity contribution < 1.29 is 14.3 Å². The van der Waals surface area contributed by atoms with Crippen LogP contribution in [-0.4, -0.2) is 29.8 Å². The summed E-state index contributed by atoms with van der Waals surface area (Å²) in [4.78, 5) is 15.6. The van der Waals surface area contributed by atoms with Crippen LogP contribution in [0.4, 0.5) is 0 Å². The van der Waals surface area contributed by atoms with E-state index >= 15 is 0 Å². The molecule has 5 heteroatoms. The summed E-state index contributed by atoms with van der Waals surface area (Å²) in [5.41, 5.74) is 0.859. The Morgan fingerprint density at radius 3 is 2.76 bits per heavy atom. The molecule has 0 atom stereocenters. The molecule has 1 aromatic rings. The molecule has 0 saturated carbocycles. The van der Waals surface area contributed by atoms with Crippen molar-refractivity contribution in [1.29, 1.82) is 5.26 Å². The summed E-state index contributed by atoms with van der Waals surface area (Å²) in [6, 6.07) is 7.41. The molecule has 0 saturated heterocycles. The van der Waals surface area contributed by atoms with Crippen molar-refractivity contribution in [3.63, 3.8) is 0 Å². The zero-order chi connectivity index (χ0) is 15.7. The largest absolute Gasteiger partial charge is 0.460 e. The third kappa shape index (κ3) is 8.05. The Labute approximate surface area is 125 Å². The SMILES string of the molecule is CC(C)(C)OC(=O)CCOCCCc1cccc(C#N)n1. The van der Waals surface area contributed by atoms with Gasteiger partial charge in [-0.1, -0.05) is 6.07 Å². The van der Waals surface area contributed by atoms with E-state index in [9.17, 15) is 4.79 Å². The van der Waals surface area contributed by atoms with Gasteiger partial charge in [-0.25, -0.2) is 4.98 Å². The Morgan fingerprint density at radius 1 is 1.33 bits per heavy atom. The molecular formula is C16H22N2O3. The van der Waals surface area contributed by atoms with Gasteiger partial charge in [0.2, 0.25) is 0 Å². The summed E-state index contributed by atoms with van der Waals surface area (Å²) < 4.78 is 10.6. The standard InChI is InChI=1S/C16H22N2O3/c1-16(2,3)21-15(19)9-11-20-10-5-8-13-6-4-7-14(12-17)18-13/h4,6-7H,5,8-11H2,1-3H3. The molecule has 0 aromatic carbocycles. The van der Waals surface area contributed by atoms with Gasteiger partial charge in [0, 0.05) is 12.3 Å². The van der Waals surface area contributed by atoms with Gasteiger partial charge < -0.3 is 9.47 Å². The highest BCUT2D eigenvalue weighted by Crippen LogP contribution is 2.08. The quantitative estimate of drug-likeness (QED) is 0.570. The predicted octanol–water partition coefficient (Wildman–Crippen LogP) is 2.63. The van der Waals surface area contributed by atoms with Crippen molar-refractivity contribution in [2.45, 2.75) is 45.6 Å². The number of nitriles is 1. The topological polar surface area (TPSA) is 72.2 Å². The van der Waals surface area contributed by atoms with E-state index in [0.29, 0.717) is 18.9 Å². The van der Waals surface area contributed by atoms with Gasteiger partial charge in [0.05, 0.1) is 13.0 Å². The molecule has 0 aliphatic heterocycles. The van der Waals surface area contributed by atoms with Crippen molar-refractivity contribution >= 4 is 5.97 Å². The van der Waals surface area contributed by atoms with Gasteiger partial charge in [-0.05, 0) is 45.7 Å². The molecule has 0 aliphatic carbocycles. The zero-order valence-electron chi connectivity index (χ0n) is 12.9. The van der Waals surface area contributed by atoms with Gasteiger partial charge in [0.15, 0.2) is 0 Å². The van der Waals surface area contributed by atoms with Gasteiger partial charge in [-0.15, -0.1) is 0 Å². The number of rotatable bonds is 7. The Hall–Kier alpha value is -1.93. The fraction of sp³-hybridized carbons (Fsp3) is 0.562. The highest BCUT2D eigenvalue weighted by molar-refractivity contribution is 5.69. The van der Waals surface area contributed by atoms with Gasteiger partial charge in [-0.2, -0.15) is 5.26 Å². The number of esters is 1. The first kappa shape index (κ1) is 17.1. The summed E-state index contributed by atoms with van der Waals surface area (Å²) >= 11 is 0. The Kier molecular flexibility index (Phi) is 6.83. The number of carbonyl (C=O) groups is 1. The number of aromatic nitrogens is 1. The molecular weight excluding hydrogens is 268 g/mol. The summed E-state index contributed by atoms with van der Waals surface area (Å²) in [7, 11) is 0. The molecule has 0 bridgehead atoms. The molecule has 0 spiro atoms. The van der Waals surface area contributed by atoms with Gasteiger partial charge in [0.1, 0.15) is 17.4 Å². The lowest BCUT2D eigenvalue weighted by Crippen LogP contribution is -2.24. The minimum absolute atomic E-state index is 0.245. The molecule has 5 nitrogen and oxygen atoms in total. The van der Waals surface area contributed by atoms with E-state index in [-0.39, 0.29) is 12.4 Å². The monoisotopic (exact) mass is 290 g/mol. The second-order valence-electron chi connectivity index (χ2n) is 5.68. The van der Waals surface area contributed by atoms with Crippen molar-refractivity contribution in [3.8, 4) is 6.07 Å². The van der Waals surface area contributed by atoms with Crippen LogP contribution in [-0.2, 0) is 20.7 Å². The maximum absolute atomic E-state index is 11.4. The Bertz CT molecular complexity index is 501. The second kappa shape index (κ2) is 8.38. The number of hydrogen-bond acceptors (Lipinski definition) is 5. The molecule has 1 heterocycles. The van der Waals surface area contributed by atoms with Crippen LogP contribution < -0.4 is 0 Å². The van der Waals surface area contributed by atoms with Crippen molar-refractivity contribution in [3.05, 3.63) is 29.6 Å². The summed E-state index contributed by atoms with van der Waals surface area (Å²) in [5, 5.41) is 8.76. The summed E-state index contributed by atoms with van der Waals surface area (Å²) in [5.74, 6) is -0.245. The molecule has 0 unspecified atom stereocenters. The molecule has 0 fully saturated rings. The van der Waals surface area contributed by atoms with Crippen molar-refractivity contribution in [2.75, 3.05) is 13.2 Å². The average Bonchev–Trinajstić information content (AvgIpc) is 2.41. The first-order valence-electron chi connectivity index (χ1n) is 7.06. The molecule has 21 heavy (non-hydrogen) atoms. The minimum Gasteiger partial charge on any atom is -0.460 e. The first-order chi connectivity index (χ1) is 9.90. The Morgan fingerprint density at radius 2 is 2.10 bits per heavy atom. The summed E-state index contributed by atoms with van der Waals surface area (Å²) in [6.45, 7) is 6.44. The maximum Gasteiger partial charge on any atom is 0.308 e. The van der Waals surface area contributed by atoms with Crippen LogP contribution in [0.25, 0.3) is 0 Å². The van der Waals surface area contributed by atoms with E-state index in [1.807, 2.05) is 39.0 Å². The van der Waals surface area contributed by atoms with Crippen LogP contribution in [0, 0.1) is 11.3 Å². The second-order valence-corrected chi connectivity index (χ2v) is 5.68.